The van der Waals surface area contributed by atoms with Crippen LogP contribution in [0.3, 0.4) is 0 Å². The SMILES string of the molecule is N#Cc1ccnnc1Sc1nnnn1-c1ccc(O)cc1. The smallest absolute Gasteiger partial charge is 0.220 e. The molecule has 0 atom stereocenters. The number of phenolic OH excluding ortho intramolecular Hbond substituents is 1. The van der Waals surface area contributed by atoms with Crippen molar-refractivity contribution in [2.45, 2.75) is 10.2 Å². The second-order valence-electron chi connectivity index (χ2n) is 3.85. The second-order valence-corrected chi connectivity index (χ2v) is 4.81. The number of hydrogen-bond acceptors (Lipinski definition) is 8. The van der Waals surface area contributed by atoms with E-state index >= 15 is 0 Å². The molecule has 0 bridgehead atoms. The lowest BCUT2D eigenvalue weighted by Gasteiger charge is -2.04. The van der Waals surface area contributed by atoms with Crippen LogP contribution >= 0.6 is 11.8 Å². The van der Waals surface area contributed by atoms with Gasteiger partial charge in [0.2, 0.25) is 5.16 Å². The Morgan fingerprint density at radius 1 is 1.14 bits per heavy atom. The molecular formula is C12H7N7OS. The average Bonchev–Trinajstić information content (AvgIpc) is 2.97. The van der Waals surface area contributed by atoms with E-state index in [-0.39, 0.29) is 5.75 Å². The van der Waals surface area contributed by atoms with Crippen molar-refractivity contribution in [2.75, 3.05) is 0 Å². The maximum atomic E-state index is 9.31. The zero-order chi connectivity index (χ0) is 14.7. The minimum absolute atomic E-state index is 0.154. The fourth-order valence-electron chi connectivity index (χ4n) is 1.56. The topological polar surface area (TPSA) is 113 Å². The highest BCUT2D eigenvalue weighted by Crippen LogP contribution is 2.27. The minimum atomic E-state index is 0.154. The van der Waals surface area contributed by atoms with Gasteiger partial charge in [-0.15, -0.1) is 10.2 Å². The van der Waals surface area contributed by atoms with E-state index in [1.54, 1.807) is 18.2 Å². The summed E-state index contributed by atoms with van der Waals surface area (Å²) < 4.78 is 1.49. The first kappa shape index (κ1) is 13.0. The third-order valence-electron chi connectivity index (χ3n) is 2.53. The maximum Gasteiger partial charge on any atom is 0.220 e. The van der Waals surface area contributed by atoms with Gasteiger partial charge < -0.3 is 5.11 Å². The van der Waals surface area contributed by atoms with Gasteiger partial charge in [0.1, 0.15) is 16.8 Å². The van der Waals surface area contributed by atoms with Crippen molar-refractivity contribution in [1.29, 1.82) is 5.26 Å². The second kappa shape index (κ2) is 5.56. The molecule has 3 aromatic rings. The fourth-order valence-corrected chi connectivity index (χ4v) is 2.35. The van der Waals surface area contributed by atoms with Crippen molar-refractivity contribution >= 4 is 11.8 Å². The third-order valence-corrected chi connectivity index (χ3v) is 3.46. The molecule has 2 aromatic heterocycles. The quantitative estimate of drug-likeness (QED) is 0.766. The Bertz CT molecular complexity index is 809. The van der Waals surface area contributed by atoms with Crippen LogP contribution in [-0.4, -0.2) is 35.5 Å². The Morgan fingerprint density at radius 3 is 2.71 bits per heavy atom. The summed E-state index contributed by atoms with van der Waals surface area (Å²) in [6.07, 6.45) is 1.45. The van der Waals surface area contributed by atoms with E-state index in [0.29, 0.717) is 21.4 Å². The van der Waals surface area contributed by atoms with Gasteiger partial charge in [-0.25, -0.2) is 0 Å². The largest absolute Gasteiger partial charge is 0.508 e. The molecule has 2 heterocycles. The molecule has 8 nitrogen and oxygen atoms in total. The molecule has 0 aliphatic carbocycles. The first-order valence-electron chi connectivity index (χ1n) is 5.75. The third kappa shape index (κ3) is 2.65. The molecule has 0 unspecified atom stereocenters. The van der Waals surface area contributed by atoms with Crippen LogP contribution in [-0.2, 0) is 0 Å². The summed E-state index contributed by atoms with van der Waals surface area (Å²) in [6, 6.07) is 10.0. The van der Waals surface area contributed by atoms with Gasteiger partial charge >= 0.3 is 0 Å². The summed E-state index contributed by atoms with van der Waals surface area (Å²) in [4.78, 5) is 0. The summed E-state index contributed by atoms with van der Waals surface area (Å²) in [6.45, 7) is 0. The van der Waals surface area contributed by atoms with Crippen molar-refractivity contribution in [1.82, 2.24) is 30.4 Å². The van der Waals surface area contributed by atoms with Crippen molar-refractivity contribution < 1.29 is 5.11 Å². The van der Waals surface area contributed by atoms with E-state index in [4.69, 9.17) is 5.26 Å². The Morgan fingerprint density at radius 2 is 1.95 bits per heavy atom. The van der Waals surface area contributed by atoms with Crippen molar-refractivity contribution in [3.8, 4) is 17.5 Å². The Hall–Kier alpha value is -2.99. The molecule has 0 saturated heterocycles. The van der Waals surface area contributed by atoms with Crippen LogP contribution in [0.25, 0.3) is 5.69 Å². The van der Waals surface area contributed by atoms with E-state index in [1.165, 1.54) is 23.0 Å². The highest BCUT2D eigenvalue weighted by molar-refractivity contribution is 7.99. The number of phenols is 1. The number of aromatic hydroxyl groups is 1. The summed E-state index contributed by atoms with van der Waals surface area (Å²) in [5.41, 5.74) is 1.08. The predicted octanol–water partition coefficient (Wildman–Crippen LogP) is 1.18. The Balaban J connectivity index is 1.96. The van der Waals surface area contributed by atoms with E-state index in [2.05, 4.69) is 25.7 Å². The molecule has 0 spiro atoms. The molecule has 0 aliphatic heterocycles. The van der Waals surface area contributed by atoms with Crippen LogP contribution in [0.15, 0.2) is 46.7 Å². The van der Waals surface area contributed by atoms with Crippen LogP contribution in [0.4, 0.5) is 0 Å². The van der Waals surface area contributed by atoms with Crippen LogP contribution in [0.1, 0.15) is 5.56 Å². The number of nitriles is 1. The monoisotopic (exact) mass is 297 g/mol. The van der Waals surface area contributed by atoms with Gasteiger partial charge in [0, 0.05) is 0 Å². The molecule has 21 heavy (non-hydrogen) atoms. The fraction of sp³-hybridized carbons (Fsp3) is 0. The zero-order valence-electron chi connectivity index (χ0n) is 10.5. The van der Waals surface area contributed by atoms with E-state index < -0.39 is 0 Å². The van der Waals surface area contributed by atoms with E-state index in [9.17, 15) is 5.11 Å². The maximum absolute atomic E-state index is 9.31. The number of hydrogen-bond donors (Lipinski definition) is 1. The van der Waals surface area contributed by atoms with Gasteiger partial charge in [0.15, 0.2) is 0 Å². The standard InChI is InChI=1S/C12H7N7OS/c13-7-8-5-6-14-15-11(8)21-12-16-17-18-19(12)9-1-3-10(20)4-2-9/h1-6,20H. The first-order chi connectivity index (χ1) is 10.3. The van der Waals surface area contributed by atoms with Gasteiger partial charge in [0.25, 0.3) is 0 Å². The van der Waals surface area contributed by atoms with Crippen molar-refractivity contribution in [2.24, 2.45) is 0 Å². The number of benzene rings is 1. The molecule has 0 fully saturated rings. The number of nitrogens with zero attached hydrogens (tertiary/aromatic N) is 7. The molecule has 1 aromatic carbocycles. The van der Waals surface area contributed by atoms with Crippen molar-refractivity contribution in [3.05, 3.63) is 42.1 Å². The highest BCUT2D eigenvalue weighted by atomic mass is 32.2. The van der Waals surface area contributed by atoms with Gasteiger partial charge in [-0.3, -0.25) is 0 Å². The number of rotatable bonds is 3. The lowest BCUT2D eigenvalue weighted by atomic mass is 10.3. The Kier molecular flexibility index (Phi) is 3.44. The molecule has 1 N–H and O–H groups in total. The predicted molar refractivity (Wildman–Crippen MR) is 71.7 cm³/mol. The molecule has 0 radical (unpaired) electrons. The molecule has 9 heteroatoms. The Labute approximate surface area is 123 Å². The lowest BCUT2D eigenvalue weighted by Crippen LogP contribution is -1.99. The summed E-state index contributed by atoms with van der Waals surface area (Å²) in [5.74, 6) is 0.154. The van der Waals surface area contributed by atoms with E-state index in [0.717, 1.165) is 11.8 Å². The van der Waals surface area contributed by atoms with E-state index in [1.807, 2.05) is 6.07 Å². The summed E-state index contributed by atoms with van der Waals surface area (Å²) in [7, 11) is 0. The highest BCUT2D eigenvalue weighted by Gasteiger charge is 2.14. The molecule has 3 rings (SSSR count). The molecular weight excluding hydrogens is 290 g/mol. The van der Waals surface area contributed by atoms with Crippen LogP contribution in [0, 0.1) is 11.3 Å². The molecule has 0 saturated carbocycles. The van der Waals surface area contributed by atoms with Gasteiger partial charge in [-0.1, -0.05) is 0 Å². The number of aromatic nitrogens is 6. The van der Waals surface area contributed by atoms with Crippen molar-refractivity contribution in [3.63, 3.8) is 0 Å². The summed E-state index contributed by atoms with van der Waals surface area (Å²) >= 11 is 1.14. The number of tetrazole rings is 1. The van der Waals surface area contributed by atoms with Gasteiger partial charge in [-0.2, -0.15) is 15.0 Å². The van der Waals surface area contributed by atoms with Gasteiger partial charge in [-0.05, 0) is 52.5 Å². The first-order valence-corrected chi connectivity index (χ1v) is 6.57. The molecule has 0 amide bonds. The average molecular weight is 297 g/mol. The molecule has 0 aliphatic rings. The zero-order valence-corrected chi connectivity index (χ0v) is 11.3. The minimum Gasteiger partial charge on any atom is -0.508 e. The van der Waals surface area contributed by atoms with Crippen LogP contribution < -0.4 is 0 Å². The summed E-state index contributed by atoms with van der Waals surface area (Å²) in [5, 5.41) is 38.3. The normalized spacial score (nSPS) is 10.2. The van der Waals surface area contributed by atoms with Crippen LogP contribution in [0.5, 0.6) is 5.75 Å². The van der Waals surface area contributed by atoms with Crippen LogP contribution in [0.2, 0.25) is 0 Å². The lowest BCUT2D eigenvalue weighted by molar-refractivity contribution is 0.475. The molecule has 102 valence electrons. The van der Waals surface area contributed by atoms with Gasteiger partial charge in [0.05, 0.1) is 17.4 Å².